The molecule has 2 aromatic heterocycles. The van der Waals surface area contributed by atoms with Crippen LogP contribution in [-0.4, -0.2) is 38.8 Å². The number of aromatic nitrogens is 3. The predicted octanol–water partition coefficient (Wildman–Crippen LogP) is 7.77. The molecular weight excluding hydrogens is 614 g/mol. The van der Waals surface area contributed by atoms with E-state index in [0.717, 1.165) is 18.2 Å². The molecule has 45 heavy (non-hydrogen) atoms. The maximum absolute atomic E-state index is 15.6. The number of carbonyl (C=O) groups is 1. The molecule has 1 fully saturated rings. The molecule has 5 aromatic rings. The third kappa shape index (κ3) is 5.97. The zero-order chi connectivity index (χ0) is 32.0. The van der Waals surface area contributed by atoms with Gasteiger partial charge in [-0.25, -0.2) is 32.3 Å². The predicted molar refractivity (Wildman–Crippen MR) is 158 cm³/mol. The average Bonchev–Trinajstić information content (AvgIpc) is 3.52. The van der Waals surface area contributed by atoms with Gasteiger partial charge in [-0.3, -0.25) is 0 Å². The summed E-state index contributed by atoms with van der Waals surface area (Å²) in [6.45, 7) is 4.33. The minimum atomic E-state index is -1.32. The third-order valence-electron chi connectivity index (χ3n) is 7.92. The molecule has 1 unspecified atom stereocenters. The summed E-state index contributed by atoms with van der Waals surface area (Å²) in [7, 11) is 0. The van der Waals surface area contributed by atoms with Crippen molar-refractivity contribution in [1.29, 1.82) is 0 Å². The molecule has 0 radical (unpaired) electrons. The van der Waals surface area contributed by atoms with Crippen LogP contribution in [0.3, 0.4) is 0 Å². The number of aromatic carboxylic acids is 1. The Balaban J connectivity index is 1.33. The summed E-state index contributed by atoms with van der Waals surface area (Å²) in [5.74, 6) is -4.21. The summed E-state index contributed by atoms with van der Waals surface area (Å²) in [4.78, 5) is 20.4. The molecular formula is C33H26ClF4N3O4. The van der Waals surface area contributed by atoms with Gasteiger partial charge in [0.05, 0.1) is 36.0 Å². The summed E-state index contributed by atoms with van der Waals surface area (Å²) in [5, 5.41) is 9.78. The van der Waals surface area contributed by atoms with E-state index in [1.165, 1.54) is 30.3 Å². The molecule has 12 heteroatoms. The van der Waals surface area contributed by atoms with Gasteiger partial charge in [-0.1, -0.05) is 37.6 Å². The van der Waals surface area contributed by atoms with Gasteiger partial charge in [0, 0.05) is 39.6 Å². The maximum Gasteiger partial charge on any atom is 0.335 e. The number of imidazole rings is 1. The van der Waals surface area contributed by atoms with Crippen LogP contribution in [0.2, 0.25) is 5.02 Å². The van der Waals surface area contributed by atoms with Gasteiger partial charge in [-0.2, -0.15) is 0 Å². The second kappa shape index (κ2) is 11.8. The van der Waals surface area contributed by atoms with Crippen LogP contribution in [0.5, 0.6) is 5.88 Å². The lowest BCUT2D eigenvalue weighted by Gasteiger charge is -2.28. The highest BCUT2D eigenvalue weighted by Gasteiger charge is 2.39. The number of hydrogen-bond donors (Lipinski definition) is 1. The number of halogens is 5. The zero-order valence-corrected chi connectivity index (χ0v) is 24.8. The summed E-state index contributed by atoms with van der Waals surface area (Å²) in [5.41, 5.74) is -0.346. The van der Waals surface area contributed by atoms with Crippen molar-refractivity contribution >= 4 is 28.6 Å². The topological polar surface area (TPSA) is 86.5 Å². The fourth-order valence-corrected chi connectivity index (χ4v) is 5.66. The Bertz CT molecular complexity index is 1940. The van der Waals surface area contributed by atoms with Crippen molar-refractivity contribution in [3.05, 3.63) is 111 Å². The van der Waals surface area contributed by atoms with E-state index in [1.807, 2.05) is 13.8 Å². The van der Waals surface area contributed by atoms with E-state index in [9.17, 15) is 14.3 Å². The van der Waals surface area contributed by atoms with E-state index in [2.05, 4.69) is 9.97 Å². The van der Waals surface area contributed by atoms with Gasteiger partial charge in [0.25, 0.3) is 0 Å². The lowest BCUT2D eigenvalue weighted by molar-refractivity contribution is 0.0696. The fraction of sp³-hybridized carbons (Fsp3) is 0.242. The van der Waals surface area contributed by atoms with E-state index < -0.39 is 40.7 Å². The zero-order valence-electron chi connectivity index (χ0n) is 24.1. The van der Waals surface area contributed by atoms with Crippen LogP contribution < -0.4 is 4.74 Å². The van der Waals surface area contributed by atoms with Crippen LogP contribution in [0.15, 0.2) is 60.7 Å². The molecule has 3 heterocycles. The summed E-state index contributed by atoms with van der Waals surface area (Å²) >= 11 is 5.80. The first-order valence-electron chi connectivity index (χ1n) is 13.9. The van der Waals surface area contributed by atoms with Crippen molar-refractivity contribution in [3.8, 4) is 17.1 Å². The Morgan fingerprint density at radius 1 is 1.02 bits per heavy atom. The number of benzene rings is 3. The Morgan fingerprint density at radius 3 is 2.44 bits per heavy atom. The van der Waals surface area contributed by atoms with E-state index in [0.29, 0.717) is 6.61 Å². The van der Waals surface area contributed by atoms with Crippen molar-refractivity contribution in [1.82, 2.24) is 14.5 Å². The summed E-state index contributed by atoms with van der Waals surface area (Å²) in [6, 6.07) is 12.9. The van der Waals surface area contributed by atoms with Crippen molar-refractivity contribution < 1.29 is 36.9 Å². The van der Waals surface area contributed by atoms with Crippen LogP contribution in [0.4, 0.5) is 17.6 Å². The Morgan fingerprint density at radius 2 is 1.78 bits per heavy atom. The highest BCUT2D eigenvalue weighted by atomic mass is 35.5. The second-order valence-electron chi connectivity index (χ2n) is 11.5. The number of ether oxygens (including phenoxy) is 2. The van der Waals surface area contributed by atoms with Gasteiger partial charge in [-0.15, -0.1) is 0 Å². The number of carboxylic acid groups (broad SMARTS) is 1. The Kier molecular flexibility index (Phi) is 8.00. The minimum Gasteiger partial charge on any atom is -0.478 e. The van der Waals surface area contributed by atoms with Gasteiger partial charge in [0.1, 0.15) is 35.4 Å². The summed E-state index contributed by atoms with van der Waals surface area (Å²) < 4.78 is 73.4. The Hall–Kier alpha value is -4.48. The number of fused-ring (bicyclic) bond motifs is 1. The normalized spacial score (nSPS) is 15.9. The molecule has 0 bridgehead atoms. The quantitative estimate of drug-likeness (QED) is 0.175. The first kappa shape index (κ1) is 30.5. The lowest BCUT2D eigenvalue weighted by Crippen LogP contribution is -2.27. The van der Waals surface area contributed by atoms with Gasteiger partial charge < -0.3 is 19.1 Å². The standard InChI is InChI=1S/C33H26ClF4N3O4/c1-33(2)16-44-15-28(33)41-27-11-19(32(42)43)10-25(38)31(27)40-29(41)13-21-23(36)8-18(9-24(21)37)26-4-3-5-30(39-26)45-14-17-6-7-20(34)12-22(17)35/h3-12,28H,13-16H2,1-2H3,(H,42,43). The van der Waals surface area contributed by atoms with Crippen molar-refractivity contribution in [2.75, 3.05) is 13.2 Å². The molecule has 232 valence electrons. The van der Waals surface area contributed by atoms with Crippen molar-refractivity contribution in [2.24, 2.45) is 5.41 Å². The maximum atomic E-state index is 15.6. The smallest absolute Gasteiger partial charge is 0.335 e. The number of nitrogens with zero attached hydrogens (tertiary/aromatic N) is 3. The molecule has 1 aliphatic rings. The van der Waals surface area contributed by atoms with Crippen LogP contribution >= 0.6 is 11.6 Å². The second-order valence-corrected chi connectivity index (χ2v) is 12.0. The van der Waals surface area contributed by atoms with Crippen LogP contribution in [0.1, 0.15) is 47.2 Å². The van der Waals surface area contributed by atoms with Gasteiger partial charge in [-0.05, 0) is 42.5 Å². The molecule has 6 rings (SSSR count). The molecule has 0 amide bonds. The molecule has 0 saturated carbocycles. The molecule has 0 spiro atoms. The molecule has 3 aromatic carbocycles. The first-order valence-corrected chi connectivity index (χ1v) is 14.3. The van der Waals surface area contributed by atoms with Crippen LogP contribution in [0, 0.1) is 28.7 Å². The van der Waals surface area contributed by atoms with Gasteiger partial charge in [0.15, 0.2) is 5.82 Å². The van der Waals surface area contributed by atoms with E-state index >= 15 is 13.2 Å². The molecule has 1 atom stereocenters. The minimum absolute atomic E-state index is 0.102. The Labute approximate surface area is 260 Å². The van der Waals surface area contributed by atoms with E-state index in [1.54, 1.807) is 16.7 Å². The first-order chi connectivity index (χ1) is 21.4. The third-order valence-corrected chi connectivity index (χ3v) is 8.15. The molecule has 1 N–H and O–H groups in total. The van der Waals surface area contributed by atoms with E-state index in [4.69, 9.17) is 21.1 Å². The SMILES string of the molecule is CC1(C)COCC1n1c(Cc2c(F)cc(-c3cccc(OCc4ccc(Cl)cc4F)n3)cc2F)nc2c(F)cc(C(=O)O)cc21. The molecule has 0 aliphatic carbocycles. The number of pyridine rings is 1. The van der Waals surface area contributed by atoms with E-state index in [-0.39, 0.29) is 75.3 Å². The summed E-state index contributed by atoms with van der Waals surface area (Å²) in [6.07, 6.45) is -0.343. The fourth-order valence-electron chi connectivity index (χ4n) is 5.50. The van der Waals surface area contributed by atoms with Crippen molar-refractivity contribution in [3.63, 3.8) is 0 Å². The lowest BCUT2D eigenvalue weighted by atomic mass is 9.87. The number of carboxylic acids is 1. The van der Waals surface area contributed by atoms with Crippen LogP contribution in [0.25, 0.3) is 22.3 Å². The van der Waals surface area contributed by atoms with Crippen molar-refractivity contribution in [2.45, 2.75) is 32.9 Å². The molecule has 1 saturated heterocycles. The van der Waals surface area contributed by atoms with Crippen LogP contribution in [-0.2, 0) is 17.8 Å². The van der Waals surface area contributed by atoms with Gasteiger partial charge >= 0.3 is 5.97 Å². The molecule has 1 aliphatic heterocycles. The number of hydrogen-bond acceptors (Lipinski definition) is 5. The monoisotopic (exact) mass is 639 g/mol. The highest BCUT2D eigenvalue weighted by molar-refractivity contribution is 6.30. The number of rotatable bonds is 8. The highest BCUT2D eigenvalue weighted by Crippen LogP contribution is 2.41. The largest absolute Gasteiger partial charge is 0.478 e. The average molecular weight is 640 g/mol. The van der Waals surface area contributed by atoms with Gasteiger partial charge in [0.2, 0.25) is 5.88 Å². The molecule has 7 nitrogen and oxygen atoms in total.